The van der Waals surface area contributed by atoms with Gasteiger partial charge in [-0.3, -0.25) is 0 Å². The highest BCUT2D eigenvalue weighted by Gasteiger charge is 2.15. The van der Waals surface area contributed by atoms with Gasteiger partial charge in [0, 0.05) is 4.47 Å². The molecular formula is C15H24BrN. The summed E-state index contributed by atoms with van der Waals surface area (Å²) in [6.07, 6.45) is 2.43. The summed E-state index contributed by atoms with van der Waals surface area (Å²) < 4.78 is 1.16. The summed E-state index contributed by atoms with van der Waals surface area (Å²) in [5, 5.41) is 3.49. The third-order valence-electron chi connectivity index (χ3n) is 3.52. The Morgan fingerprint density at radius 3 is 2.35 bits per heavy atom. The van der Waals surface area contributed by atoms with Crippen molar-refractivity contribution in [1.82, 2.24) is 5.32 Å². The lowest BCUT2D eigenvalue weighted by Crippen LogP contribution is -2.28. The lowest BCUT2D eigenvalue weighted by Gasteiger charge is -2.23. The molecule has 17 heavy (non-hydrogen) atoms. The maximum atomic E-state index is 3.49. The molecule has 0 fully saturated rings. The summed E-state index contributed by atoms with van der Waals surface area (Å²) in [5.41, 5.74) is 1.44. The van der Waals surface area contributed by atoms with Crippen LogP contribution in [0.15, 0.2) is 28.7 Å². The van der Waals surface area contributed by atoms with Gasteiger partial charge in [-0.25, -0.2) is 0 Å². The predicted octanol–water partition coefficient (Wildman–Crippen LogP) is 4.26. The largest absolute Gasteiger partial charge is 0.317 e. The first-order valence-corrected chi connectivity index (χ1v) is 7.41. The smallest absolute Gasteiger partial charge is 0.0175 e. The molecule has 96 valence electrons. The molecule has 1 N–H and O–H groups in total. The van der Waals surface area contributed by atoms with E-state index in [4.69, 9.17) is 0 Å². The first-order valence-electron chi connectivity index (χ1n) is 6.62. The molecule has 2 heteroatoms. The summed E-state index contributed by atoms with van der Waals surface area (Å²) in [6.45, 7) is 9.01. The van der Waals surface area contributed by atoms with E-state index in [0.717, 1.165) is 29.4 Å². The Balaban J connectivity index is 2.61. The average Bonchev–Trinajstić information content (AvgIpc) is 2.36. The van der Waals surface area contributed by atoms with Crippen LogP contribution in [-0.2, 0) is 6.42 Å². The molecule has 1 rings (SSSR count). The van der Waals surface area contributed by atoms with E-state index in [9.17, 15) is 0 Å². The molecule has 0 saturated heterocycles. The molecule has 0 aliphatic carbocycles. The summed E-state index contributed by atoms with van der Waals surface area (Å²) in [7, 11) is 0. The summed E-state index contributed by atoms with van der Waals surface area (Å²) in [5.74, 6) is 1.51. The molecule has 0 amide bonds. The molecule has 1 nitrogen and oxygen atoms in total. The van der Waals surface area contributed by atoms with Gasteiger partial charge in [0.1, 0.15) is 0 Å². The average molecular weight is 298 g/mol. The number of hydrogen-bond donors (Lipinski definition) is 1. The minimum atomic E-state index is 0.737. The van der Waals surface area contributed by atoms with Crippen molar-refractivity contribution in [3.05, 3.63) is 34.3 Å². The summed E-state index contributed by atoms with van der Waals surface area (Å²) >= 11 is 3.48. The van der Waals surface area contributed by atoms with Crippen molar-refractivity contribution >= 4 is 15.9 Å². The zero-order valence-electron chi connectivity index (χ0n) is 11.2. The van der Waals surface area contributed by atoms with E-state index in [1.165, 1.54) is 18.4 Å². The van der Waals surface area contributed by atoms with E-state index in [1.807, 2.05) is 0 Å². The van der Waals surface area contributed by atoms with Crippen LogP contribution in [0.25, 0.3) is 0 Å². The Labute approximate surface area is 114 Å². The van der Waals surface area contributed by atoms with Crippen LogP contribution in [0.1, 0.15) is 32.8 Å². The number of rotatable bonds is 7. The molecular weight excluding hydrogens is 274 g/mol. The van der Waals surface area contributed by atoms with Gasteiger partial charge in [0.05, 0.1) is 0 Å². The lowest BCUT2D eigenvalue weighted by molar-refractivity contribution is 0.332. The molecule has 1 aromatic carbocycles. The second kappa shape index (κ2) is 7.88. The fraction of sp³-hybridized carbons (Fsp3) is 0.600. The van der Waals surface area contributed by atoms with Gasteiger partial charge in [0.25, 0.3) is 0 Å². The van der Waals surface area contributed by atoms with E-state index < -0.39 is 0 Å². The second-order valence-electron chi connectivity index (χ2n) is 4.78. The molecule has 1 aromatic rings. The lowest BCUT2D eigenvalue weighted by atomic mass is 9.86. The van der Waals surface area contributed by atoms with Crippen LogP contribution in [0.5, 0.6) is 0 Å². The van der Waals surface area contributed by atoms with Gasteiger partial charge in [-0.05, 0) is 49.0 Å². The molecule has 0 bridgehead atoms. The monoisotopic (exact) mass is 297 g/mol. The molecule has 2 atom stereocenters. The van der Waals surface area contributed by atoms with E-state index in [-0.39, 0.29) is 0 Å². The van der Waals surface area contributed by atoms with E-state index in [1.54, 1.807) is 0 Å². The standard InChI is InChI=1S/C15H24BrN/c1-4-12(3)14(11-17-5-2)10-13-6-8-15(16)9-7-13/h6-9,12,14,17H,4-5,10-11H2,1-3H3. The quantitative estimate of drug-likeness (QED) is 0.793. The van der Waals surface area contributed by atoms with Crippen LogP contribution in [0, 0.1) is 11.8 Å². The molecule has 0 spiro atoms. The van der Waals surface area contributed by atoms with Gasteiger partial charge in [-0.15, -0.1) is 0 Å². The van der Waals surface area contributed by atoms with Crippen LogP contribution < -0.4 is 5.32 Å². The molecule has 0 heterocycles. The van der Waals surface area contributed by atoms with Crippen LogP contribution in [0.4, 0.5) is 0 Å². The predicted molar refractivity (Wildman–Crippen MR) is 79.3 cm³/mol. The molecule has 0 aromatic heterocycles. The fourth-order valence-electron chi connectivity index (χ4n) is 2.06. The van der Waals surface area contributed by atoms with E-state index in [2.05, 4.69) is 66.3 Å². The van der Waals surface area contributed by atoms with E-state index >= 15 is 0 Å². The van der Waals surface area contributed by atoms with Gasteiger partial charge < -0.3 is 5.32 Å². The molecule has 0 radical (unpaired) electrons. The van der Waals surface area contributed by atoms with Gasteiger partial charge in [0.2, 0.25) is 0 Å². The number of benzene rings is 1. The van der Waals surface area contributed by atoms with Gasteiger partial charge in [-0.2, -0.15) is 0 Å². The van der Waals surface area contributed by atoms with Crippen molar-refractivity contribution < 1.29 is 0 Å². The Bertz CT molecular complexity index is 307. The number of halogens is 1. The molecule has 0 saturated carbocycles. The van der Waals surface area contributed by atoms with Crippen molar-refractivity contribution in [2.45, 2.75) is 33.6 Å². The van der Waals surface area contributed by atoms with Crippen molar-refractivity contribution in [3.63, 3.8) is 0 Å². The Kier molecular flexibility index (Phi) is 6.83. The van der Waals surface area contributed by atoms with E-state index in [0.29, 0.717) is 0 Å². The Hall–Kier alpha value is -0.340. The van der Waals surface area contributed by atoms with Crippen molar-refractivity contribution in [3.8, 4) is 0 Å². The topological polar surface area (TPSA) is 12.0 Å². The van der Waals surface area contributed by atoms with Crippen LogP contribution in [0.2, 0.25) is 0 Å². The minimum absolute atomic E-state index is 0.737. The van der Waals surface area contributed by atoms with Crippen molar-refractivity contribution in [1.29, 1.82) is 0 Å². The Morgan fingerprint density at radius 2 is 1.82 bits per heavy atom. The van der Waals surface area contributed by atoms with Crippen molar-refractivity contribution in [2.75, 3.05) is 13.1 Å². The normalized spacial score (nSPS) is 14.6. The summed E-state index contributed by atoms with van der Waals surface area (Å²) in [4.78, 5) is 0. The minimum Gasteiger partial charge on any atom is -0.317 e. The third-order valence-corrected chi connectivity index (χ3v) is 4.05. The molecule has 2 unspecified atom stereocenters. The van der Waals surface area contributed by atoms with Crippen molar-refractivity contribution in [2.24, 2.45) is 11.8 Å². The summed E-state index contributed by atoms with van der Waals surface area (Å²) in [6, 6.07) is 8.73. The molecule has 0 aliphatic rings. The maximum Gasteiger partial charge on any atom is 0.0175 e. The maximum absolute atomic E-state index is 3.49. The third kappa shape index (κ3) is 5.22. The first-order chi connectivity index (χ1) is 8.17. The fourth-order valence-corrected chi connectivity index (χ4v) is 2.33. The van der Waals surface area contributed by atoms with Crippen LogP contribution in [-0.4, -0.2) is 13.1 Å². The molecule has 0 aliphatic heterocycles. The highest BCUT2D eigenvalue weighted by Crippen LogP contribution is 2.21. The van der Waals surface area contributed by atoms with Crippen LogP contribution >= 0.6 is 15.9 Å². The Morgan fingerprint density at radius 1 is 1.18 bits per heavy atom. The number of hydrogen-bond acceptors (Lipinski definition) is 1. The van der Waals surface area contributed by atoms with Crippen LogP contribution in [0.3, 0.4) is 0 Å². The number of nitrogens with one attached hydrogen (secondary N) is 1. The zero-order chi connectivity index (χ0) is 12.7. The SMILES string of the molecule is CCNCC(Cc1ccc(Br)cc1)C(C)CC. The highest BCUT2D eigenvalue weighted by atomic mass is 79.9. The van der Waals surface area contributed by atoms with Gasteiger partial charge >= 0.3 is 0 Å². The first kappa shape index (κ1) is 14.7. The zero-order valence-corrected chi connectivity index (χ0v) is 12.8. The van der Waals surface area contributed by atoms with Gasteiger partial charge in [0.15, 0.2) is 0 Å². The van der Waals surface area contributed by atoms with Gasteiger partial charge in [-0.1, -0.05) is 55.3 Å². The highest BCUT2D eigenvalue weighted by molar-refractivity contribution is 9.10. The second-order valence-corrected chi connectivity index (χ2v) is 5.70.